The van der Waals surface area contributed by atoms with Crippen molar-refractivity contribution in [3.05, 3.63) is 95.6 Å². The molecule has 37 heavy (non-hydrogen) atoms. The van der Waals surface area contributed by atoms with Crippen LogP contribution >= 0.6 is 11.8 Å². The Kier molecular flexibility index (Phi) is 7.00. The van der Waals surface area contributed by atoms with Gasteiger partial charge in [0.05, 0.1) is 24.6 Å². The number of nitrogens with one attached hydrogen (secondary N) is 1. The van der Waals surface area contributed by atoms with E-state index in [-0.39, 0.29) is 30.0 Å². The zero-order valence-electron chi connectivity index (χ0n) is 19.7. The molecule has 2 aliphatic heterocycles. The van der Waals surface area contributed by atoms with Gasteiger partial charge in [0.1, 0.15) is 22.6 Å². The van der Waals surface area contributed by atoms with Crippen molar-refractivity contribution in [1.29, 1.82) is 0 Å². The van der Waals surface area contributed by atoms with Crippen LogP contribution in [0.3, 0.4) is 0 Å². The molecule has 3 aromatic carbocycles. The van der Waals surface area contributed by atoms with Gasteiger partial charge in [0.15, 0.2) is 5.17 Å². The van der Waals surface area contributed by atoms with Crippen LogP contribution in [0.4, 0.5) is 14.5 Å². The number of carbonyl (C=O) groups is 2. The minimum atomic E-state index is -0.719. The third-order valence-corrected chi connectivity index (χ3v) is 7.16. The van der Waals surface area contributed by atoms with Crippen molar-refractivity contribution in [3.63, 3.8) is 0 Å². The maximum absolute atomic E-state index is 13.6. The molecule has 10 heteroatoms. The third-order valence-electron chi connectivity index (χ3n) is 6.02. The molecule has 5 rings (SSSR count). The molecule has 3 aromatic rings. The zero-order valence-corrected chi connectivity index (χ0v) is 20.5. The van der Waals surface area contributed by atoms with Crippen LogP contribution in [0.1, 0.15) is 30.0 Å². The number of amidine groups is 1. The largest absolute Gasteiger partial charge is 0.495 e. The maximum atomic E-state index is 13.6. The van der Waals surface area contributed by atoms with Crippen LogP contribution in [0.5, 0.6) is 5.75 Å². The molecule has 0 aliphatic carbocycles. The Morgan fingerprint density at radius 1 is 1.05 bits per heavy atom. The number of thioether (sulfide) groups is 1. The van der Waals surface area contributed by atoms with Crippen LogP contribution in [0.2, 0.25) is 0 Å². The van der Waals surface area contributed by atoms with Crippen molar-refractivity contribution in [2.45, 2.75) is 24.1 Å². The lowest BCUT2D eigenvalue weighted by Gasteiger charge is -2.23. The van der Waals surface area contributed by atoms with Crippen LogP contribution in [0.15, 0.2) is 82.9 Å². The topological polar surface area (TPSA) is 83.4 Å². The lowest BCUT2D eigenvalue weighted by molar-refractivity contribution is -0.121. The summed E-state index contributed by atoms with van der Waals surface area (Å²) in [6.45, 7) is 0. The quantitative estimate of drug-likeness (QED) is 0.486. The van der Waals surface area contributed by atoms with Crippen LogP contribution < -0.4 is 10.1 Å². The van der Waals surface area contributed by atoms with Crippen LogP contribution in [0, 0.1) is 11.6 Å². The molecule has 0 bridgehead atoms. The molecule has 0 radical (unpaired) electrons. The number of benzene rings is 3. The normalized spacial score (nSPS) is 19.0. The summed E-state index contributed by atoms with van der Waals surface area (Å²) in [6.07, 6.45) is 0.363. The van der Waals surface area contributed by atoms with E-state index in [0.717, 1.165) is 22.9 Å². The predicted molar refractivity (Wildman–Crippen MR) is 139 cm³/mol. The first-order valence-electron chi connectivity index (χ1n) is 11.5. The van der Waals surface area contributed by atoms with Crippen molar-refractivity contribution in [2.75, 3.05) is 12.4 Å². The molecule has 2 aliphatic rings. The summed E-state index contributed by atoms with van der Waals surface area (Å²) in [5.74, 6) is -0.987. The third kappa shape index (κ3) is 5.39. The number of hydrogen-bond acceptors (Lipinski definition) is 6. The van der Waals surface area contributed by atoms with E-state index in [1.54, 1.807) is 53.5 Å². The van der Waals surface area contributed by atoms with Crippen LogP contribution in [-0.4, -0.2) is 40.1 Å². The van der Waals surface area contributed by atoms with Gasteiger partial charge in [0.25, 0.3) is 5.91 Å². The molecule has 2 atom stereocenters. The second kappa shape index (κ2) is 10.5. The number of anilines is 1. The summed E-state index contributed by atoms with van der Waals surface area (Å²) in [5, 5.41) is 8.75. The number of hydrogen-bond donors (Lipinski definition) is 1. The number of amides is 2. The first-order chi connectivity index (χ1) is 17.9. The van der Waals surface area contributed by atoms with Gasteiger partial charge >= 0.3 is 0 Å². The highest BCUT2D eigenvalue weighted by atomic mass is 32.2. The lowest BCUT2D eigenvalue weighted by atomic mass is 9.98. The average Bonchev–Trinajstić information content (AvgIpc) is 3.49. The number of para-hydroxylation sites is 2. The maximum Gasteiger partial charge on any atom is 0.262 e. The molecule has 7 nitrogen and oxygen atoms in total. The number of ether oxygens (including phenoxy) is 1. The number of methoxy groups -OCH3 is 1. The molecule has 0 fully saturated rings. The van der Waals surface area contributed by atoms with E-state index in [2.05, 4.69) is 10.3 Å². The standard InChI is InChI=1S/C27H22F2N4O3S/c1-36-23-5-3-2-4-20(23)30-25(34)15-24-26(35)31-27(37-24)33-22(17-8-12-19(29)13-9-17)14-21(32-33)16-6-10-18(28)11-7-16/h2-13,22,24H,14-15H2,1H3,(H,30,34)/t22-,24-/m0/s1. The van der Waals surface area contributed by atoms with E-state index >= 15 is 0 Å². The Bertz CT molecular complexity index is 1390. The van der Waals surface area contributed by atoms with Crippen LogP contribution in [0.25, 0.3) is 0 Å². The molecule has 0 saturated carbocycles. The first kappa shape index (κ1) is 24.6. The summed E-state index contributed by atoms with van der Waals surface area (Å²) in [4.78, 5) is 29.7. The van der Waals surface area contributed by atoms with Gasteiger partial charge in [-0.25, -0.2) is 13.8 Å². The van der Waals surface area contributed by atoms with E-state index in [4.69, 9.17) is 9.84 Å². The zero-order chi connectivity index (χ0) is 25.9. The van der Waals surface area contributed by atoms with Crippen molar-refractivity contribution in [1.82, 2.24) is 5.01 Å². The van der Waals surface area contributed by atoms with Crippen molar-refractivity contribution in [3.8, 4) is 5.75 Å². The summed E-state index contributed by atoms with van der Waals surface area (Å²) >= 11 is 1.16. The van der Waals surface area contributed by atoms with Gasteiger partial charge in [-0.1, -0.05) is 48.2 Å². The van der Waals surface area contributed by atoms with E-state index < -0.39 is 11.2 Å². The Balaban J connectivity index is 1.35. The molecular formula is C27H22F2N4O3S. The Morgan fingerprint density at radius 3 is 2.43 bits per heavy atom. The van der Waals surface area contributed by atoms with Crippen LogP contribution in [-0.2, 0) is 9.59 Å². The highest BCUT2D eigenvalue weighted by Crippen LogP contribution is 2.38. The van der Waals surface area contributed by atoms with Gasteiger partial charge in [-0.05, 0) is 47.5 Å². The molecular weight excluding hydrogens is 498 g/mol. The summed E-state index contributed by atoms with van der Waals surface area (Å²) < 4.78 is 32.3. The Hall–Kier alpha value is -4.05. The summed E-state index contributed by atoms with van der Waals surface area (Å²) in [7, 11) is 1.51. The van der Waals surface area contributed by atoms with Crippen molar-refractivity contribution in [2.24, 2.45) is 10.1 Å². The summed E-state index contributed by atoms with van der Waals surface area (Å²) in [5.41, 5.74) is 2.72. The molecule has 0 saturated heterocycles. The predicted octanol–water partition coefficient (Wildman–Crippen LogP) is 5.15. The van der Waals surface area contributed by atoms with E-state index in [1.807, 2.05) is 0 Å². The molecule has 2 heterocycles. The first-order valence-corrected chi connectivity index (χ1v) is 12.4. The highest BCUT2D eigenvalue weighted by Gasteiger charge is 2.39. The van der Waals surface area contributed by atoms with Gasteiger partial charge < -0.3 is 10.1 Å². The monoisotopic (exact) mass is 520 g/mol. The summed E-state index contributed by atoms with van der Waals surface area (Å²) in [6, 6.07) is 18.7. The highest BCUT2D eigenvalue weighted by molar-refractivity contribution is 8.15. The van der Waals surface area contributed by atoms with E-state index in [0.29, 0.717) is 28.7 Å². The van der Waals surface area contributed by atoms with E-state index in [1.165, 1.54) is 31.4 Å². The van der Waals surface area contributed by atoms with Gasteiger partial charge in [-0.2, -0.15) is 10.1 Å². The number of nitrogens with zero attached hydrogens (tertiary/aromatic N) is 3. The number of carbonyl (C=O) groups excluding carboxylic acids is 2. The molecule has 2 amide bonds. The fourth-order valence-electron chi connectivity index (χ4n) is 4.17. The van der Waals surface area contributed by atoms with Crippen molar-refractivity contribution < 1.29 is 23.1 Å². The fourth-order valence-corrected chi connectivity index (χ4v) is 5.23. The fraction of sp³-hybridized carbons (Fsp3) is 0.185. The number of hydrazone groups is 1. The Morgan fingerprint density at radius 2 is 1.73 bits per heavy atom. The minimum absolute atomic E-state index is 0.0852. The SMILES string of the molecule is COc1ccccc1NC(=O)C[C@@H]1SC(N2N=C(c3ccc(F)cc3)C[C@H]2c2ccc(F)cc2)=NC1=O. The number of halogens is 2. The molecule has 0 spiro atoms. The van der Waals surface area contributed by atoms with Gasteiger partial charge in [0, 0.05) is 12.8 Å². The molecule has 0 unspecified atom stereocenters. The second-order valence-corrected chi connectivity index (χ2v) is 9.63. The number of rotatable bonds is 6. The number of aliphatic imine (C=N–C) groups is 1. The minimum Gasteiger partial charge on any atom is -0.495 e. The smallest absolute Gasteiger partial charge is 0.262 e. The molecule has 0 aromatic heterocycles. The lowest BCUT2D eigenvalue weighted by Crippen LogP contribution is -2.25. The van der Waals surface area contributed by atoms with Gasteiger partial charge in [0.2, 0.25) is 5.91 Å². The van der Waals surface area contributed by atoms with Gasteiger partial charge in [-0.3, -0.25) is 9.59 Å². The molecule has 1 N–H and O–H groups in total. The second-order valence-electron chi connectivity index (χ2n) is 8.46. The average molecular weight is 521 g/mol. The Labute approximate surface area is 216 Å². The van der Waals surface area contributed by atoms with Crippen molar-refractivity contribution >= 4 is 40.1 Å². The van der Waals surface area contributed by atoms with E-state index in [9.17, 15) is 18.4 Å². The van der Waals surface area contributed by atoms with Gasteiger partial charge in [-0.15, -0.1) is 0 Å². The molecule has 188 valence electrons.